The summed E-state index contributed by atoms with van der Waals surface area (Å²) in [7, 11) is 0. The highest BCUT2D eigenvalue weighted by Gasteiger charge is 2.35. The molecule has 2 saturated heterocycles. The highest BCUT2D eigenvalue weighted by molar-refractivity contribution is 5.87. The first-order valence-corrected chi connectivity index (χ1v) is 15.5. The standard InChI is InChI=1S/C32H46N6O5/c1-21(2)28-35-30(43-36-28)37-17-13-23(14-18-37)22(3)15-19-41-26-11-9-24(10-12-26)27(34-31(40)42-32(4,5)6)29(39)38-16-7-8-25(38)20-33/h9-12,21-23,25,27H,7-8,13-19H2,1-6H3,(H,34,40)/t22-,25+,27+/m1/s1. The van der Waals surface area contributed by atoms with Crippen LogP contribution in [0.1, 0.15) is 97.0 Å². The molecule has 11 nitrogen and oxygen atoms in total. The van der Waals surface area contributed by atoms with Gasteiger partial charge in [-0.2, -0.15) is 10.2 Å². The third-order valence-electron chi connectivity index (χ3n) is 8.21. The van der Waals surface area contributed by atoms with Crippen LogP contribution in [0.5, 0.6) is 5.75 Å². The normalized spacial score (nSPS) is 19.2. The van der Waals surface area contributed by atoms with E-state index in [-0.39, 0.29) is 11.8 Å². The van der Waals surface area contributed by atoms with Crippen LogP contribution in [0.3, 0.4) is 0 Å². The van der Waals surface area contributed by atoms with E-state index in [0.717, 1.165) is 44.6 Å². The Bertz CT molecular complexity index is 1260. The number of alkyl carbamates (subject to hydrolysis) is 1. The Labute approximate surface area is 254 Å². The fraction of sp³-hybridized carbons (Fsp3) is 0.656. The number of carbonyl (C=O) groups excluding carboxylic acids is 2. The molecule has 0 radical (unpaired) electrons. The molecule has 2 aromatic rings. The van der Waals surface area contributed by atoms with Gasteiger partial charge in [-0.05, 0) is 82.4 Å². The van der Waals surface area contributed by atoms with Crippen LogP contribution in [-0.4, -0.2) is 64.9 Å². The van der Waals surface area contributed by atoms with E-state index in [4.69, 9.17) is 14.0 Å². The molecule has 1 aromatic heterocycles. The summed E-state index contributed by atoms with van der Waals surface area (Å²) in [6, 6.07) is 8.57. The third-order valence-corrected chi connectivity index (χ3v) is 8.21. The number of nitrogens with one attached hydrogen (secondary N) is 1. The van der Waals surface area contributed by atoms with E-state index in [0.29, 0.717) is 48.7 Å². The molecule has 0 aliphatic carbocycles. The highest BCUT2D eigenvalue weighted by atomic mass is 16.6. The number of likely N-dealkylation sites (tertiary alicyclic amines) is 1. The van der Waals surface area contributed by atoms with Crippen molar-refractivity contribution >= 4 is 18.0 Å². The summed E-state index contributed by atoms with van der Waals surface area (Å²) in [4.78, 5) is 34.4. The quantitative estimate of drug-likeness (QED) is 0.373. The van der Waals surface area contributed by atoms with E-state index in [1.54, 1.807) is 37.8 Å². The van der Waals surface area contributed by atoms with Gasteiger partial charge in [-0.25, -0.2) is 4.79 Å². The molecular formula is C32H46N6O5. The summed E-state index contributed by atoms with van der Waals surface area (Å²) in [5.74, 6) is 2.48. The van der Waals surface area contributed by atoms with Crippen LogP contribution < -0.4 is 15.0 Å². The molecule has 1 aromatic carbocycles. The van der Waals surface area contributed by atoms with Crippen LogP contribution in [0.15, 0.2) is 28.8 Å². The zero-order chi connectivity index (χ0) is 31.1. The first-order chi connectivity index (χ1) is 20.4. The van der Waals surface area contributed by atoms with E-state index in [1.807, 2.05) is 12.1 Å². The van der Waals surface area contributed by atoms with Gasteiger partial charge < -0.3 is 29.1 Å². The molecule has 2 amide bonds. The monoisotopic (exact) mass is 594 g/mol. The third kappa shape index (κ3) is 8.62. The number of nitriles is 1. The lowest BCUT2D eigenvalue weighted by atomic mass is 9.84. The number of ether oxygens (including phenoxy) is 2. The maximum absolute atomic E-state index is 13.5. The molecule has 0 bridgehead atoms. The molecule has 2 aliphatic heterocycles. The average molecular weight is 595 g/mol. The van der Waals surface area contributed by atoms with Gasteiger partial charge in [0.05, 0.1) is 12.7 Å². The van der Waals surface area contributed by atoms with E-state index in [2.05, 4.69) is 47.2 Å². The number of aromatic nitrogens is 2. The minimum atomic E-state index is -0.965. The van der Waals surface area contributed by atoms with Crippen molar-refractivity contribution < 1.29 is 23.6 Å². The number of amides is 2. The van der Waals surface area contributed by atoms with Gasteiger partial charge in [0.15, 0.2) is 5.82 Å². The lowest BCUT2D eigenvalue weighted by Gasteiger charge is -2.33. The lowest BCUT2D eigenvalue weighted by molar-refractivity contribution is -0.133. The number of rotatable bonds is 10. The summed E-state index contributed by atoms with van der Waals surface area (Å²) in [6.45, 7) is 14.6. The van der Waals surface area contributed by atoms with Gasteiger partial charge in [0.2, 0.25) is 0 Å². The molecule has 2 fully saturated rings. The maximum atomic E-state index is 13.5. The molecule has 0 saturated carbocycles. The van der Waals surface area contributed by atoms with E-state index < -0.39 is 23.8 Å². The van der Waals surface area contributed by atoms with Crippen LogP contribution in [0.2, 0.25) is 0 Å². The molecule has 0 spiro atoms. The van der Waals surface area contributed by atoms with Gasteiger partial charge in [0.1, 0.15) is 23.4 Å². The van der Waals surface area contributed by atoms with Crippen molar-refractivity contribution in [2.45, 2.75) is 97.2 Å². The smallest absolute Gasteiger partial charge is 0.408 e. The molecular weight excluding hydrogens is 548 g/mol. The van der Waals surface area contributed by atoms with Crippen molar-refractivity contribution in [1.29, 1.82) is 5.26 Å². The summed E-state index contributed by atoms with van der Waals surface area (Å²) >= 11 is 0. The molecule has 43 heavy (non-hydrogen) atoms. The van der Waals surface area contributed by atoms with Crippen molar-refractivity contribution in [2.75, 3.05) is 31.1 Å². The summed E-state index contributed by atoms with van der Waals surface area (Å²) in [6.07, 6.45) is 3.76. The van der Waals surface area contributed by atoms with Crippen molar-refractivity contribution in [3.8, 4) is 11.8 Å². The van der Waals surface area contributed by atoms with Gasteiger partial charge in [0, 0.05) is 25.6 Å². The minimum absolute atomic E-state index is 0.246. The van der Waals surface area contributed by atoms with Crippen molar-refractivity contribution in [1.82, 2.24) is 20.4 Å². The Kier molecular flexibility index (Phi) is 10.5. The van der Waals surface area contributed by atoms with E-state index >= 15 is 0 Å². The van der Waals surface area contributed by atoms with Crippen LogP contribution in [0, 0.1) is 23.2 Å². The van der Waals surface area contributed by atoms with E-state index in [1.165, 1.54) is 0 Å². The fourth-order valence-electron chi connectivity index (χ4n) is 5.65. The van der Waals surface area contributed by atoms with Gasteiger partial charge in [0.25, 0.3) is 5.91 Å². The number of piperidine rings is 1. The molecule has 234 valence electrons. The second-order valence-corrected chi connectivity index (χ2v) is 13.0. The van der Waals surface area contributed by atoms with Crippen LogP contribution in [0.25, 0.3) is 0 Å². The van der Waals surface area contributed by atoms with Crippen LogP contribution in [-0.2, 0) is 9.53 Å². The summed E-state index contributed by atoms with van der Waals surface area (Å²) in [5.41, 5.74) is -0.105. The molecule has 2 aliphatic rings. The Morgan fingerprint density at radius 3 is 2.42 bits per heavy atom. The predicted octanol–water partition coefficient (Wildman–Crippen LogP) is 5.59. The number of anilines is 1. The number of carbonyl (C=O) groups is 2. The minimum Gasteiger partial charge on any atom is -0.494 e. The number of hydrogen-bond acceptors (Lipinski definition) is 9. The molecule has 4 rings (SSSR count). The fourth-order valence-corrected chi connectivity index (χ4v) is 5.65. The largest absolute Gasteiger partial charge is 0.494 e. The number of hydrogen-bond donors (Lipinski definition) is 1. The van der Waals surface area contributed by atoms with Gasteiger partial charge in [-0.15, -0.1) is 0 Å². The summed E-state index contributed by atoms with van der Waals surface area (Å²) < 4.78 is 17.0. The Morgan fingerprint density at radius 2 is 1.81 bits per heavy atom. The Morgan fingerprint density at radius 1 is 1.12 bits per heavy atom. The van der Waals surface area contributed by atoms with Gasteiger partial charge in [-0.1, -0.05) is 38.1 Å². The average Bonchev–Trinajstić information content (AvgIpc) is 3.66. The summed E-state index contributed by atoms with van der Waals surface area (Å²) in [5, 5.41) is 16.3. The van der Waals surface area contributed by atoms with Crippen LogP contribution in [0.4, 0.5) is 10.8 Å². The number of benzene rings is 1. The predicted molar refractivity (Wildman–Crippen MR) is 162 cm³/mol. The van der Waals surface area contributed by atoms with Crippen molar-refractivity contribution in [3.63, 3.8) is 0 Å². The first kappa shape index (κ1) is 32.1. The second kappa shape index (κ2) is 14.1. The topological polar surface area (TPSA) is 134 Å². The number of nitrogens with zero attached hydrogens (tertiary/aromatic N) is 5. The maximum Gasteiger partial charge on any atom is 0.408 e. The molecule has 3 atom stereocenters. The van der Waals surface area contributed by atoms with Crippen molar-refractivity contribution in [3.05, 3.63) is 35.7 Å². The van der Waals surface area contributed by atoms with Crippen LogP contribution >= 0.6 is 0 Å². The van der Waals surface area contributed by atoms with Crippen molar-refractivity contribution in [2.24, 2.45) is 11.8 Å². The first-order valence-electron chi connectivity index (χ1n) is 15.5. The molecule has 11 heteroatoms. The van der Waals surface area contributed by atoms with E-state index in [9.17, 15) is 14.9 Å². The Balaban J connectivity index is 1.30. The molecule has 3 heterocycles. The van der Waals surface area contributed by atoms with Gasteiger partial charge in [-0.3, -0.25) is 4.79 Å². The SMILES string of the molecule is CC(C)c1noc(N2CCC([C@H](C)CCOc3ccc([C@H](NC(=O)OC(C)(C)C)C(=O)N4CCC[C@H]4C#N)cc3)CC2)n1. The molecule has 1 N–H and O–H groups in total. The highest BCUT2D eigenvalue weighted by Crippen LogP contribution is 2.30. The Hall–Kier alpha value is -3.81. The van der Waals surface area contributed by atoms with Gasteiger partial charge >= 0.3 is 12.1 Å². The molecule has 0 unspecified atom stereocenters. The zero-order valence-corrected chi connectivity index (χ0v) is 26.3. The zero-order valence-electron chi connectivity index (χ0n) is 26.3. The lowest BCUT2D eigenvalue weighted by Crippen LogP contribution is -2.45. The second-order valence-electron chi connectivity index (χ2n) is 13.0.